The Morgan fingerprint density at radius 3 is 2.94 bits per heavy atom. The van der Waals surface area contributed by atoms with E-state index >= 15 is 0 Å². The summed E-state index contributed by atoms with van der Waals surface area (Å²) < 4.78 is 0. The Labute approximate surface area is 97.1 Å². The van der Waals surface area contributed by atoms with E-state index in [1.165, 1.54) is 16.8 Å². The van der Waals surface area contributed by atoms with E-state index in [1.807, 2.05) is 0 Å². The highest BCUT2D eigenvalue weighted by atomic mass is 16.6. The lowest BCUT2D eigenvalue weighted by Gasteiger charge is -2.34. The maximum absolute atomic E-state index is 5.28. The van der Waals surface area contributed by atoms with Crippen LogP contribution in [0.1, 0.15) is 24.0 Å². The van der Waals surface area contributed by atoms with Gasteiger partial charge < -0.3 is 4.90 Å². The SMILES string of the molecule is Cc1cccc(N2CCCC(ON)C2)c1C. The molecular formula is C13H20N2O. The van der Waals surface area contributed by atoms with Gasteiger partial charge in [-0.15, -0.1) is 0 Å². The highest BCUT2D eigenvalue weighted by Crippen LogP contribution is 2.26. The largest absolute Gasteiger partial charge is 0.369 e. The van der Waals surface area contributed by atoms with Gasteiger partial charge >= 0.3 is 0 Å². The third-order valence-corrected chi connectivity index (χ3v) is 3.49. The maximum Gasteiger partial charge on any atom is 0.0962 e. The fourth-order valence-electron chi connectivity index (χ4n) is 2.35. The van der Waals surface area contributed by atoms with Gasteiger partial charge in [0.25, 0.3) is 0 Å². The summed E-state index contributed by atoms with van der Waals surface area (Å²) in [6.07, 6.45) is 2.39. The average Bonchev–Trinajstić information content (AvgIpc) is 2.33. The van der Waals surface area contributed by atoms with E-state index in [0.29, 0.717) is 0 Å². The summed E-state index contributed by atoms with van der Waals surface area (Å²) in [4.78, 5) is 7.35. The number of rotatable bonds is 2. The van der Waals surface area contributed by atoms with E-state index in [4.69, 9.17) is 10.7 Å². The summed E-state index contributed by atoms with van der Waals surface area (Å²) in [5.74, 6) is 5.28. The summed E-state index contributed by atoms with van der Waals surface area (Å²) in [5, 5.41) is 0. The van der Waals surface area contributed by atoms with Gasteiger partial charge in [-0.1, -0.05) is 12.1 Å². The van der Waals surface area contributed by atoms with Crippen molar-refractivity contribution < 1.29 is 4.84 Å². The number of hydrogen-bond acceptors (Lipinski definition) is 3. The zero-order valence-corrected chi connectivity index (χ0v) is 10.1. The summed E-state index contributed by atoms with van der Waals surface area (Å²) in [6, 6.07) is 6.45. The Kier molecular flexibility index (Phi) is 3.46. The van der Waals surface area contributed by atoms with Crippen LogP contribution >= 0.6 is 0 Å². The van der Waals surface area contributed by atoms with E-state index in [9.17, 15) is 0 Å². The fraction of sp³-hybridized carbons (Fsp3) is 0.538. The quantitative estimate of drug-likeness (QED) is 0.776. The first-order valence-electron chi connectivity index (χ1n) is 5.89. The lowest BCUT2D eigenvalue weighted by Crippen LogP contribution is -2.41. The Hall–Kier alpha value is -1.06. The topological polar surface area (TPSA) is 38.5 Å². The fourth-order valence-corrected chi connectivity index (χ4v) is 2.35. The van der Waals surface area contributed by atoms with Crippen LogP contribution in [0.5, 0.6) is 0 Å². The molecule has 0 saturated carbocycles. The number of nitrogens with zero attached hydrogens (tertiary/aromatic N) is 1. The van der Waals surface area contributed by atoms with Crippen molar-refractivity contribution in [3.63, 3.8) is 0 Å². The van der Waals surface area contributed by atoms with Gasteiger partial charge in [-0.25, -0.2) is 5.90 Å². The first-order valence-corrected chi connectivity index (χ1v) is 5.89. The zero-order valence-electron chi connectivity index (χ0n) is 10.1. The predicted molar refractivity (Wildman–Crippen MR) is 66.4 cm³/mol. The Bertz CT molecular complexity index is 365. The molecule has 0 radical (unpaired) electrons. The van der Waals surface area contributed by atoms with Crippen molar-refractivity contribution in [2.45, 2.75) is 32.8 Å². The van der Waals surface area contributed by atoms with Crippen LogP contribution in [0, 0.1) is 13.8 Å². The molecule has 3 nitrogen and oxygen atoms in total. The normalized spacial score (nSPS) is 21.2. The average molecular weight is 220 g/mol. The molecule has 1 aromatic rings. The predicted octanol–water partition coefficient (Wildman–Crippen LogP) is 2.16. The highest BCUT2D eigenvalue weighted by molar-refractivity contribution is 5.56. The summed E-state index contributed by atoms with van der Waals surface area (Å²) >= 11 is 0. The maximum atomic E-state index is 5.28. The molecule has 0 aliphatic carbocycles. The molecule has 0 spiro atoms. The van der Waals surface area contributed by atoms with Gasteiger partial charge in [0.1, 0.15) is 0 Å². The van der Waals surface area contributed by atoms with Gasteiger partial charge in [-0.2, -0.15) is 0 Å². The molecule has 2 rings (SSSR count). The van der Waals surface area contributed by atoms with Crippen molar-refractivity contribution in [1.29, 1.82) is 0 Å². The molecule has 0 bridgehead atoms. The number of anilines is 1. The molecule has 1 aliphatic rings. The minimum Gasteiger partial charge on any atom is -0.369 e. The minimum absolute atomic E-state index is 0.175. The molecular weight excluding hydrogens is 200 g/mol. The molecule has 3 heteroatoms. The number of nitrogens with two attached hydrogens (primary N) is 1. The minimum atomic E-state index is 0.175. The Morgan fingerprint density at radius 2 is 2.19 bits per heavy atom. The van der Waals surface area contributed by atoms with Gasteiger partial charge in [-0.3, -0.25) is 4.84 Å². The lowest BCUT2D eigenvalue weighted by atomic mass is 10.0. The molecule has 1 atom stereocenters. The van der Waals surface area contributed by atoms with Gasteiger partial charge in [0.15, 0.2) is 0 Å². The standard InChI is InChI=1S/C13H20N2O/c1-10-5-3-7-13(11(10)2)15-8-4-6-12(9-15)16-14/h3,5,7,12H,4,6,8-9,14H2,1-2H3. The molecule has 1 aromatic carbocycles. The summed E-state index contributed by atoms with van der Waals surface area (Å²) in [7, 11) is 0. The van der Waals surface area contributed by atoms with Crippen molar-refractivity contribution in [2.24, 2.45) is 5.90 Å². The van der Waals surface area contributed by atoms with Crippen molar-refractivity contribution in [3.8, 4) is 0 Å². The van der Waals surface area contributed by atoms with Crippen LogP contribution in [-0.2, 0) is 4.84 Å². The second kappa shape index (κ2) is 4.85. The molecule has 1 aliphatic heterocycles. The number of piperidine rings is 1. The van der Waals surface area contributed by atoms with Crippen LogP contribution in [0.3, 0.4) is 0 Å². The van der Waals surface area contributed by atoms with Gasteiger partial charge in [0.2, 0.25) is 0 Å². The van der Waals surface area contributed by atoms with Crippen LogP contribution in [-0.4, -0.2) is 19.2 Å². The van der Waals surface area contributed by atoms with Crippen LogP contribution < -0.4 is 10.8 Å². The molecule has 16 heavy (non-hydrogen) atoms. The van der Waals surface area contributed by atoms with Crippen LogP contribution in [0.25, 0.3) is 0 Å². The first kappa shape index (κ1) is 11.4. The monoisotopic (exact) mass is 220 g/mol. The third-order valence-electron chi connectivity index (χ3n) is 3.49. The van der Waals surface area contributed by atoms with Crippen molar-refractivity contribution in [1.82, 2.24) is 0 Å². The van der Waals surface area contributed by atoms with E-state index in [1.54, 1.807) is 0 Å². The zero-order chi connectivity index (χ0) is 11.5. The van der Waals surface area contributed by atoms with Crippen molar-refractivity contribution in [3.05, 3.63) is 29.3 Å². The van der Waals surface area contributed by atoms with Crippen molar-refractivity contribution in [2.75, 3.05) is 18.0 Å². The molecule has 0 aromatic heterocycles. The van der Waals surface area contributed by atoms with E-state index in [0.717, 1.165) is 25.9 Å². The number of benzene rings is 1. The molecule has 2 N–H and O–H groups in total. The molecule has 1 heterocycles. The molecule has 1 fully saturated rings. The van der Waals surface area contributed by atoms with Crippen molar-refractivity contribution >= 4 is 5.69 Å². The second-order valence-corrected chi connectivity index (χ2v) is 4.57. The number of aryl methyl sites for hydroxylation is 1. The van der Waals surface area contributed by atoms with Crippen LogP contribution in [0.4, 0.5) is 5.69 Å². The second-order valence-electron chi connectivity index (χ2n) is 4.57. The molecule has 1 saturated heterocycles. The van der Waals surface area contributed by atoms with E-state index < -0.39 is 0 Å². The molecule has 88 valence electrons. The van der Waals surface area contributed by atoms with Gasteiger partial charge in [0, 0.05) is 18.8 Å². The summed E-state index contributed by atoms with van der Waals surface area (Å²) in [6.45, 7) is 6.34. The first-order chi connectivity index (χ1) is 7.72. The van der Waals surface area contributed by atoms with Gasteiger partial charge in [-0.05, 0) is 43.9 Å². The third kappa shape index (κ3) is 2.20. The Morgan fingerprint density at radius 1 is 1.38 bits per heavy atom. The Balaban J connectivity index is 2.20. The van der Waals surface area contributed by atoms with Crippen LogP contribution in [0.15, 0.2) is 18.2 Å². The molecule has 0 amide bonds. The number of hydrogen-bond donors (Lipinski definition) is 1. The highest BCUT2D eigenvalue weighted by Gasteiger charge is 2.21. The van der Waals surface area contributed by atoms with Crippen LogP contribution in [0.2, 0.25) is 0 Å². The molecule has 1 unspecified atom stereocenters. The van der Waals surface area contributed by atoms with E-state index in [2.05, 4.69) is 36.9 Å². The van der Waals surface area contributed by atoms with Gasteiger partial charge in [0.05, 0.1) is 6.10 Å². The van der Waals surface area contributed by atoms with E-state index in [-0.39, 0.29) is 6.10 Å². The lowest BCUT2D eigenvalue weighted by molar-refractivity contribution is 0.0434. The summed E-state index contributed by atoms with van der Waals surface area (Å²) in [5.41, 5.74) is 4.02. The smallest absolute Gasteiger partial charge is 0.0962 e.